The summed E-state index contributed by atoms with van der Waals surface area (Å²) in [5.74, 6) is -0.827. The molecule has 2 atom stereocenters. The minimum Gasteiger partial charge on any atom is -0.351 e. The van der Waals surface area contributed by atoms with Gasteiger partial charge in [-0.25, -0.2) is 8.42 Å². The first kappa shape index (κ1) is 13.0. The van der Waals surface area contributed by atoms with Gasteiger partial charge in [0.2, 0.25) is 5.91 Å². The minimum absolute atomic E-state index is 0.000598. The number of amides is 1. The van der Waals surface area contributed by atoms with E-state index in [1.54, 1.807) is 6.92 Å². The number of hydrogen-bond acceptors (Lipinski definition) is 4. The lowest BCUT2D eigenvalue weighted by Gasteiger charge is -2.23. The molecule has 0 aliphatic carbocycles. The lowest BCUT2D eigenvalue weighted by molar-refractivity contribution is -0.124. The minimum atomic E-state index is -3.01. The fourth-order valence-corrected chi connectivity index (χ4v) is 3.41. The molecule has 0 aromatic rings. The average Bonchev–Trinajstić information content (AvgIpc) is 2.17. The maximum atomic E-state index is 11.6. The van der Waals surface area contributed by atoms with Crippen LogP contribution in [-0.2, 0) is 14.6 Å². The summed E-state index contributed by atoms with van der Waals surface area (Å²) in [5, 5.41) is 11.3. The molecule has 5 nitrogen and oxygen atoms in total. The molecule has 0 saturated carbocycles. The van der Waals surface area contributed by atoms with E-state index in [0.29, 0.717) is 19.3 Å². The van der Waals surface area contributed by atoms with Crippen LogP contribution in [0, 0.1) is 17.2 Å². The predicted molar refractivity (Wildman–Crippen MR) is 59.2 cm³/mol. The van der Waals surface area contributed by atoms with Crippen molar-refractivity contribution in [1.29, 1.82) is 5.26 Å². The summed E-state index contributed by atoms with van der Waals surface area (Å²) in [5.41, 5.74) is 0. The third-order valence-electron chi connectivity index (χ3n) is 2.69. The van der Waals surface area contributed by atoms with Gasteiger partial charge in [0.05, 0.1) is 17.6 Å². The van der Waals surface area contributed by atoms with Crippen molar-refractivity contribution < 1.29 is 13.2 Å². The first-order valence-corrected chi connectivity index (χ1v) is 7.21. The van der Waals surface area contributed by atoms with Gasteiger partial charge in [-0.3, -0.25) is 4.79 Å². The van der Waals surface area contributed by atoms with E-state index in [4.69, 9.17) is 5.26 Å². The molecule has 1 amide bonds. The maximum absolute atomic E-state index is 11.6. The van der Waals surface area contributed by atoms with Crippen molar-refractivity contribution in [3.8, 4) is 6.07 Å². The molecule has 0 spiro atoms. The summed E-state index contributed by atoms with van der Waals surface area (Å²) in [6.45, 7) is 1.76. The van der Waals surface area contributed by atoms with E-state index in [9.17, 15) is 13.2 Å². The summed E-state index contributed by atoms with van der Waals surface area (Å²) in [7, 11) is -3.01. The fraction of sp³-hybridized carbons (Fsp3) is 0.800. The van der Waals surface area contributed by atoms with Gasteiger partial charge in [-0.05, 0) is 19.3 Å². The van der Waals surface area contributed by atoms with Crippen molar-refractivity contribution in [2.75, 3.05) is 11.5 Å². The SMILES string of the molecule is CCC(C#N)C(=O)NC1CCCS(=O)(=O)C1. The lowest BCUT2D eigenvalue weighted by Crippen LogP contribution is -2.45. The van der Waals surface area contributed by atoms with E-state index in [0.717, 1.165) is 0 Å². The van der Waals surface area contributed by atoms with Crippen LogP contribution in [0.4, 0.5) is 0 Å². The highest BCUT2D eigenvalue weighted by atomic mass is 32.2. The number of nitrogens with zero attached hydrogens (tertiary/aromatic N) is 1. The Morgan fingerprint density at radius 3 is 2.81 bits per heavy atom. The van der Waals surface area contributed by atoms with Crippen molar-refractivity contribution >= 4 is 15.7 Å². The molecule has 1 heterocycles. The van der Waals surface area contributed by atoms with Gasteiger partial charge in [0.1, 0.15) is 5.92 Å². The smallest absolute Gasteiger partial charge is 0.237 e. The quantitative estimate of drug-likeness (QED) is 0.769. The van der Waals surface area contributed by atoms with Crippen LogP contribution in [0.3, 0.4) is 0 Å². The van der Waals surface area contributed by atoms with E-state index in [-0.39, 0.29) is 23.5 Å². The van der Waals surface area contributed by atoms with Crippen LogP contribution in [0.2, 0.25) is 0 Å². The summed E-state index contributed by atoms with van der Waals surface area (Å²) >= 11 is 0. The van der Waals surface area contributed by atoms with Crippen LogP contribution in [0.15, 0.2) is 0 Å². The summed E-state index contributed by atoms with van der Waals surface area (Å²) in [6, 6.07) is 1.57. The van der Waals surface area contributed by atoms with Crippen LogP contribution in [0.25, 0.3) is 0 Å². The largest absolute Gasteiger partial charge is 0.351 e. The van der Waals surface area contributed by atoms with Gasteiger partial charge in [0.15, 0.2) is 9.84 Å². The molecule has 0 aromatic carbocycles. The van der Waals surface area contributed by atoms with Crippen molar-refractivity contribution in [2.24, 2.45) is 5.92 Å². The van der Waals surface area contributed by atoms with Crippen molar-refractivity contribution in [2.45, 2.75) is 32.2 Å². The highest BCUT2D eigenvalue weighted by Gasteiger charge is 2.27. The normalized spacial score (nSPS) is 25.4. The number of hydrogen-bond donors (Lipinski definition) is 1. The monoisotopic (exact) mass is 244 g/mol. The fourth-order valence-electron chi connectivity index (χ4n) is 1.77. The molecular formula is C10H16N2O3S. The van der Waals surface area contributed by atoms with Gasteiger partial charge in [0.25, 0.3) is 0 Å². The Kier molecular flexibility index (Phi) is 4.30. The van der Waals surface area contributed by atoms with Gasteiger partial charge < -0.3 is 5.32 Å². The first-order chi connectivity index (χ1) is 7.48. The van der Waals surface area contributed by atoms with Crippen LogP contribution >= 0.6 is 0 Å². The second kappa shape index (κ2) is 5.30. The van der Waals surface area contributed by atoms with Crippen LogP contribution in [-0.4, -0.2) is 31.9 Å². The van der Waals surface area contributed by atoms with Gasteiger partial charge in [-0.1, -0.05) is 6.92 Å². The van der Waals surface area contributed by atoms with E-state index in [1.165, 1.54) is 0 Å². The second-order valence-electron chi connectivity index (χ2n) is 4.05. The number of sulfone groups is 1. The molecule has 0 aromatic heterocycles. The predicted octanol–water partition coefficient (Wildman–Crippen LogP) is 0.230. The molecular weight excluding hydrogens is 228 g/mol. The van der Waals surface area contributed by atoms with Crippen molar-refractivity contribution in [1.82, 2.24) is 5.32 Å². The van der Waals surface area contributed by atoms with Gasteiger partial charge in [-0.2, -0.15) is 5.26 Å². The molecule has 16 heavy (non-hydrogen) atoms. The zero-order chi connectivity index (χ0) is 12.2. The number of nitriles is 1. The highest BCUT2D eigenvalue weighted by Crippen LogP contribution is 2.13. The van der Waals surface area contributed by atoms with Gasteiger partial charge in [0, 0.05) is 6.04 Å². The highest BCUT2D eigenvalue weighted by molar-refractivity contribution is 7.91. The zero-order valence-corrected chi connectivity index (χ0v) is 10.1. The van der Waals surface area contributed by atoms with E-state index in [2.05, 4.69) is 5.32 Å². The summed E-state index contributed by atoms with van der Waals surface area (Å²) in [4.78, 5) is 11.6. The molecule has 6 heteroatoms. The third kappa shape index (κ3) is 3.49. The Labute approximate surface area is 95.7 Å². The van der Waals surface area contributed by atoms with Gasteiger partial charge in [-0.15, -0.1) is 0 Å². The average molecular weight is 244 g/mol. The van der Waals surface area contributed by atoms with Crippen LogP contribution < -0.4 is 5.32 Å². The van der Waals surface area contributed by atoms with Crippen molar-refractivity contribution in [3.63, 3.8) is 0 Å². The summed E-state index contributed by atoms with van der Waals surface area (Å²) < 4.78 is 22.7. The number of nitrogens with one attached hydrogen (secondary N) is 1. The van der Waals surface area contributed by atoms with Crippen molar-refractivity contribution in [3.05, 3.63) is 0 Å². The third-order valence-corrected chi connectivity index (χ3v) is 4.51. The number of carbonyl (C=O) groups is 1. The lowest BCUT2D eigenvalue weighted by atomic mass is 10.1. The Balaban J connectivity index is 2.55. The van der Waals surface area contributed by atoms with E-state index < -0.39 is 15.8 Å². The molecule has 1 aliphatic rings. The molecule has 90 valence electrons. The molecule has 1 N–H and O–H groups in total. The molecule has 1 aliphatic heterocycles. The van der Waals surface area contributed by atoms with Gasteiger partial charge >= 0.3 is 0 Å². The second-order valence-corrected chi connectivity index (χ2v) is 6.28. The van der Waals surface area contributed by atoms with E-state index in [1.807, 2.05) is 6.07 Å². The molecule has 0 bridgehead atoms. The Morgan fingerprint density at radius 2 is 2.31 bits per heavy atom. The molecule has 1 fully saturated rings. The Morgan fingerprint density at radius 1 is 1.62 bits per heavy atom. The number of carbonyl (C=O) groups excluding carboxylic acids is 1. The molecule has 0 radical (unpaired) electrons. The van der Waals surface area contributed by atoms with Crippen LogP contribution in [0.5, 0.6) is 0 Å². The van der Waals surface area contributed by atoms with Crippen LogP contribution in [0.1, 0.15) is 26.2 Å². The molecule has 1 rings (SSSR count). The summed E-state index contributed by atoms with van der Waals surface area (Å²) in [6.07, 6.45) is 1.70. The molecule has 1 saturated heterocycles. The Bertz CT molecular complexity index is 397. The molecule has 2 unspecified atom stereocenters. The number of rotatable bonds is 3. The maximum Gasteiger partial charge on any atom is 0.237 e. The zero-order valence-electron chi connectivity index (χ0n) is 9.27. The first-order valence-electron chi connectivity index (χ1n) is 5.39. The Hall–Kier alpha value is -1.09. The topological polar surface area (TPSA) is 87.0 Å². The van der Waals surface area contributed by atoms with E-state index >= 15 is 0 Å². The standard InChI is InChI=1S/C10H16N2O3S/c1-2-8(6-11)10(13)12-9-4-3-5-16(14,15)7-9/h8-9H,2-5,7H2,1H3,(H,12,13).